The van der Waals surface area contributed by atoms with Crippen LogP contribution in [0.25, 0.3) is 11.1 Å². The Morgan fingerprint density at radius 1 is 1.05 bits per heavy atom. The third-order valence-electron chi connectivity index (χ3n) is 3.53. The Morgan fingerprint density at radius 2 is 1.57 bits per heavy atom. The SMILES string of the molecule is CC[C@H](C)COc1ccc(-c2ccc(C(=O)Cl)cc2)cc1. The van der Waals surface area contributed by atoms with Gasteiger partial charge in [-0.2, -0.15) is 0 Å². The summed E-state index contributed by atoms with van der Waals surface area (Å²) in [5.41, 5.74) is 2.64. The Bertz CT molecular complexity index is 588. The van der Waals surface area contributed by atoms with Gasteiger partial charge < -0.3 is 4.74 Å². The molecule has 0 aliphatic heterocycles. The van der Waals surface area contributed by atoms with Crippen LogP contribution in [-0.2, 0) is 0 Å². The van der Waals surface area contributed by atoms with E-state index in [0.717, 1.165) is 29.9 Å². The van der Waals surface area contributed by atoms with Gasteiger partial charge in [-0.1, -0.05) is 44.5 Å². The van der Waals surface area contributed by atoms with E-state index in [1.54, 1.807) is 12.1 Å². The molecule has 110 valence electrons. The van der Waals surface area contributed by atoms with Crippen molar-refractivity contribution in [1.29, 1.82) is 0 Å². The van der Waals surface area contributed by atoms with Crippen molar-refractivity contribution in [1.82, 2.24) is 0 Å². The third kappa shape index (κ3) is 4.33. The summed E-state index contributed by atoms with van der Waals surface area (Å²) in [7, 11) is 0. The highest BCUT2D eigenvalue weighted by atomic mass is 35.5. The smallest absolute Gasteiger partial charge is 0.252 e. The first kappa shape index (κ1) is 15.6. The van der Waals surface area contributed by atoms with Gasteiger partial charge in [-0.05, 0) is 52.9 Å². The summed E-state index contributed by atoms with van der Waals surface area (Å²) in [6, 6.07) is 15.2. The second-order valence-electron chi connectivity index (χ2n) is 5.20. The van der Waals surface area contributed by atoms with E-state index in [9.17, 15) is 4.79 Å². The van der Waals surface area contributed by atoms with Crippen LogP contribution in [0.5, 0.6) is 5.75 Å². The average Bonchev–Trinajstić information content (AvgIpc) is 2.53. The summed E-state index contributed by atoms with van der Waals surface area (Å²) in [5.74, 6) is 1.44. The minimum atomic E-state index is -0.435. The Labute approximate surface area is 130 Å². The van der Waals surface area contributed by atoms with E-state index in [1.165, 1.54) is 0 Å². The zero-order valence-corrected chi connectivity index (χ0v) is 13.1. The van der Waals surface area contributed by atoms with Crippen molar-refractivity contribution in [2.24, 2.45) is 5.92 Å². The van der Waals surface area contributed by atoms with Gasteiger partial charge in [0.2, 0.25) is 0 Å². The Morgan fingerprint density at radius 3 is 2.05 bits per heavy atom. The van der Waals surface area contributed by atoms with Crippen LogP contribution in [0.3, 0.4) is 0 Å². The van der Waals surface area contributed by atoms with E-state index in [0.29, 0.717) is 11.5 Å². The number of carbonyl (C=O) groups is 1. The van der Waals surface area contributed by atoms with Crippen molar-refractivity contribution < 1.29 is 9.53 Å². The molecule has 0 aliphatic rings. The normalized spacial score (nSPS) is 12.0. The largest absolute Gasteiger partial charge is 0.493 e. The van der Waals surface area contributed by atoms with Crippen molar-refractivity contribution in [2.75, 3.05) is 6.61 Å². The molecule has 0 aliphatic carbocycles. The molecule has 0 heterocycles. The van der Waals surface area contributed by atoms with Gasteiger partial charge in [-0.15, -0.1) is 0 Å². The van der Waals surface area contributed by atoms with Crippen LogP contribution >= 0.6 is 11.6 Å². The van der Waals surface area contributed by atoms with Crippen LogP contribution in [-0.4, -0.2) is 11.8 Å². The fraction of sp³-hybridized carbons (Fsp3) is 0.278. The van der Waals surface area contributed by atoms with E-state index in [1.807, 2.05) is 36.4 Å². The van der Waals surface area contributed by atoms with Crippen LogP contribution in [0.1, 0.15) is 30.6 Å². The molecule has 0 saturated carbocycles. The predicted octanol–water partition coefficient (Wildman–Crippen LogP) is 5.16. The summed E-state index contributed by atoms with van der Waals surface area (Å²) >= 11 is 5.44. The van der Waals surface area contributed by atoms with Crippen molar-refractivity contribution in [3.05, 3.63) is 54.1 Å². The summed E-state index contributed by atoms with van der Waals surface area (Å²) in [5, 5.41) is -0.435. The molecule has 1 atom stereocenters. The van der Waals surface area contributed by atoms with Gasteiger partial charge in [0.25, 0.3) is 5.24 Å². The highest BCUT2D eigenvalue weighted by molar-refractivity contribution is 6.67. The number of rotatable bonds is 6. The number of benzene rings is 2. The zero-order chi connectivity index (χ0) is 15.2. The number of ether oxygens (including phenoxy) is 1. The maximum Gasteiger partial charge on any atom is 0.252 e. The van der Waals surface area contributed by atoms with Gasteiger partial charge in [0.05, 0.1) is 6.61 Å². The van der Waals surface area contributed by atoms with E-state index in [2.05, 4.69) is 13.8 Å². The molecule has 3 heteroatoms. The summed E-state index contributed by atoms with van der Waals surface area (Å²) in [6.45, 7) is 5.07. The lowest BCUT2D eigenvalue weighted by Gasteiger charge is -2.11. The molecule has 0 unspecified atom stereocenters. The fourth-order valence-corrected chi connectivity index (χ4v) is 2.02. The van der Waals surface area contributed by atoms with Gasteiger partial charge in [-0.3, -0.25) is 4.79 Å². The van der Waals surface area contributed by atoms with Crippen molar-refractivity contribution in [3.8, 4) is 16.9 Å². The molecule has 0 N–H and O–H groups in total. The first-order valence-electron chi connectivity index (χ1n) is 7.13. The van der Waals surface area contributed by atoms with Crippen LogP contribution in [0.2, 0.25) is 0 Å². The lowest BCUT2D eigenvalue weighted by Crippen LogP contribution is -2.06. The molecule has 0 radical (unpaired) electrons. The standard InChI is InChI=1S/C18H19ClO2/c1-3-13(2)12-21-17-10-8-15(9-11-17)14-4-6-16(7-5-14)18(19)20/h4-11,13H,3,12H2,1-2H3/t13-/m0/s1. The Hall–Kier alpha value is -1.80. The summed E-state index contributed by atoms with van der Waals surface area (Å²) < 4.78 is 5.74. The van der Waals surface area contributed by atoms with E-state index < -0.39 is 5.24 Å². The second kappa shape index (κ2) is 7.28. The van der Waals surface area contributed by atoms with Gasteiger partial charge in [0.1, 0.15) is 5.75 Å². The molecular weight excluding hydrogens is 284 g/mol. The molecule has 0 saturated heterocycles. The van der Waals surface area contributed by atoms with Gasteiger partial charge >= 0.3 is 0 Å². The predicted molar refractivity (Wildman–Crippen MR) is 87.0 cm³/mol. The maximum absolute atomic E-state index is 11.0. The highest BCUT2D eigenvalue weighted by Gasteiger charge is 2.04. The number of halogens is 1. The van der Waals surface area contributed by atoms with Crippen LogP contribution in [0.4, 0.5) is 0 Å². The minimum Gasteiger partial charge on any atom is -0.493 e. The van der Waals surface area contributed by atoms with Crippen molar-refractivity contribution in [3.63, 3.8) is 0 Å². The second-order valence-corrected chi connectivity index (χ2v) is 5.54. The number of carbonyl (C=O) groups excluding carboxylic acids is 1. The fourth-order valence-electron chi connectivity index (χ4n) is 1.89. The molecule has 0 aromatic heterocycles. The van der Waals surface area contributed by atoms with E-state index in [-0.39, 0.29) is 0 Å². The molecule has 2 nitrogen and oxygen atoms in total. The number of hydrogen-bond acceptors (Lipinski definition) is 2. The lowest BCUT2D eigenvalue weighted by atomic mass is 10.0. The first-order valence-corrected chi connectivity index (χ1v) is 7.51. The van der Waals surface area contributed by atoms with Gasteiger partial charge in [0, 0.05) is 5.56 Å². The molecule has 0 spiro atoms. The maximum atomic E-state index is 11.0. The quantitative estimate of drug-likeness (QED) is 0.689. The van der Waals surface area contributed by atoms with Gasteiger partial charge in [-0.25, -0.2) is 0 Å². The van der Waals surface area contributed by atoms with E-state index in [4.69, 9.17) is 16.3 Å². The number of hydrogen-bond donors (Lipinski definition) is 0. The molecule has 0 bridgehead atoms. The zero-order valence-electron chi connectivity index (χ0n) is 12.3. The summed E-state index contributed by atoms with van der Waals surface area (Å²) in [4.78, 5) is 11.0. The summed E-state index contributed by atoms with van der Waals surface area (Å²) in [6.07, 6.45) is 1.11. The molecule has 2 aromatic carbocycles. The minimum absolute atomic E-state index is 0.435. The van der Waals surface area contributed by atoms with Crippen LogP contribution < -0.4 is 4.74 Å². The molecule has 21 heavy (non-hydrogen) atoms. The van der Waals surface area contributed by atoms with Crippen LogP contribution in [0.15, 0.2) is 48.5 Å². The molecule has 0 fully saturated rings. The van der Waals surface area contributed by atoms with E-state index >= 15 is 0 Å². The Balaban J connectivity index is 2.06. The van der Waals surface area contributed by atoms with Crippen molar-refractivity contribution >= 4 is 16.8 Å². The first-order chi connectivity index (χ1) is 10.1. The van der Waals surface area contributed by atoms with Crippen LogP contribution in [0, 0.1) is 5.92 Å². The Kier molecular flexibility index (Phi) is 5.40. The molecular formula is C18H19ClO2. The molecule has 2 aromatic rings. The topological polar surface area (TPSA) is 26.3 Å². The van der Waals surface area contributed by atoms with Gasteiger partial charge in [0.15, 0.2) is 0 Å². The third-order valence-corrected chi connectivity index (χ3v) is 3.75. The molecule has 0 amide bonds. The highest BCUT2D eigenvalue weighted by Crippen LogP contribution is 2.23. The molecule has 2 rings (SSSR count). The lowest BCUT2D eigenvalue weighted by molar-refractivity contribution is 0.108. The average molecular weight is 303 g/mol. The van der Waals surface area contributed by atoms with Crippen molar-refractivity contribution in [2.45, 2.75) is 20.3 Å². The monoisotopic (exact) mass is 302 g/mol.